The molecule has 0 radical (unpaired) electrons. The Morgan fingerprint density at radius 2 is 1.77 bits per heavy atom. The van der Waals surface area contributed by atoms with Crippen molar-refractivity contribution in [3.8, 4) is 0 Å². The molecule has 6 atom stereocenters. The average molecular weight is 636 g/mol. The fraction of sp³-hybridized carbons (Fsp3) is 0.278. The minimum atomic E-state index is -0.260. The van der Waals surface area contributed by atoms with Gasteiger partial charge in [-0.1, -0.05) is 112 Å². The molecule has 6 unspecified atom stereocenters. The lowest BCUT2D eigenvalue weighted by Gasteiger charge is -2.41. The van der Waals surface area contributed by atoms with Gasteiger partial charge in [0.15, 0.2) is 0 Å². The quantitative estimate of drug-likeness (QED) is 0.261. The van der Waals surface area contributed by atoms with Crippen molar-refractivity contribution in [1.29, 1.82) is 0 Å². The predicted molar refractivity (Wildman–Crippen MR) is 176 cm³/mol. The Kier molecular flexibility index (Phi) is 6.13. The summed E-state index contributed by atoms with van der Waals surface area (Å²) in [5, 5.41) is 3.68. The summed E-state index contributed by atoms with van der Waals surface area (Å²) in [4.78, 5) is 7.62. The average Bonchev–Trinajstić information content (AvgIpc) is 3.35. The number of halogens is 1. The van der Waals surface area contributed by atoms with Gasteiger partial charge in [-0.15, -0.1) is 0 Å². The van der Waals surface area contributed by atoms with E-state index in [1.165, 1.54) is 37.3 Å². The normalized spacial score (nSPS) is 34.8. The fourth-order valence-corrected chi connectivity index (χ4v) is 10.4. The molecule has 0 spiro atoms. The Balaban J connectivity index is 1.16. The summed E-state index contributed by atoms with van der Waals surface area (Å²) in [6.07, 6.45) is 42.1. The van der Waals surface area contributed by atoms with Crippen molar-refractivity contribution < 1.29 is 0 Å². The summed E-state index contributed by atoms with van der Waals surface area (Å²) in [7, 11) is 0. The highest BCUT2D eigenvalue weighted by Gasteiger charge is 2.43. The van der Waals surface area contributed by atoms with Crippen LogP contribution in [-0.2, 0) is 0 Å². The molecular formula is C36H34IN3. The first-order chi connectivity index (χ1) is 19.8. The van der Waals surface area contributed by atoms with Gasteiger partial charge in [-0.05, 0) is 52.1 Å². The zero-order chi connectivity index (χ0) is 26.6. The van der Waals surface area contributed by atoms with Crippen LogP contribution in [-0.4, -0.2) is 33.8 Å². The van der Waals surface area contributed by atoms with E-state index in [1.807, 2.05) is 6.21 Å². The van der Waals surface area contributed by atoms with Crippen LogP contribution in [0.15, 0.2) is 145 Å². The van der Waals surface area contributed by atoms with Gasteiger partial charge in [0.25, 0.3) is 0 Å². The van der Waals surface area contributed by atoms with E-state index in [1.54, 1.807) is 5.70 Å². The summed E-state index contributed by atoms with van der Waals surface area (Å²) in [5.74, 6) is 1.51. The molecule has 3 nitrogen and oxygen atoms in total. The third-order valence-electron chi connectivity index (χ3n) is 9.32. The lowest BCUT2D eigenvalue weighted by Crippen LogP contribution is -2.44. The molecule has 0 amide bonds. The van der Waals surface area contributed by atoms with Gasteiger partial charge in [0.2, 0.25) is 0 Å². The molecule has 0 bridgehead atoms. The van der Waals surface area contributed by atoms with E-state index in [0.717, 1.165) is 19.4 Å². The van der Waals surface area contributed by atoms with Crippen molar-refractivity contribution in [2.45, 2.75) is 31.8 Å². The number of aliphatic imine (C=N–C) groups is 1. The second-order valence-corrected chi connectivity index (χ2v) is 13.8. The van der Waals surface area contributed by atoms with Gasteiger partial charge in [0, 0.05) is 39.2 Å². The first kappa shape index (κ1) is 24.5. The van der Waals surface area contributed by atoms with E-state index >= 15 is 0 Å². The molecule has 1 N–H and O–H groups in total. The molecule has 0 saturated heterocycles. The van der Waals surface area contributed by atoms with Gasteiger partial charge in [-0.2, -0.15) is 0 Å². The maximum Gasteiger partial charge on any atom is 0.0720 e. The standard InChI is InChI=1S/C36H34IN3/c1-2-9-24-20-23(16-17-31(24)40-32-14-7-5-11-27(32)28-12-6-8-15-33(28)40)25-21-30-26-10-3-4-13-29(26)35-36(34(30)37-22-25)39-19-18-38-35/h2-7,9-14,16-18,20-22,24,26-27,29,31-32,39H,8,15,19H2,1H3. The maximum absolute atomic E-state index is 4.87. The molecule has 0 aromatic heterocycles. The molecule has 0 aromatic rings. The highest BCUT2D eigenvalue weighted by molar-refractivity contribution is 14.2. The van der Waals surface area contributed by atoms with E-state index < -0.39 is 0 Å². The van der Waals surface area contributed by atoms with Gasteiger partial charge in [0.1, 0.15) is 0 Å². The summed E-state index contributed by atoms with van der Waals surface area (Å²) in [6.45, 7) is 2.99. The minimum Gasteiger partial charge on any atom is -0.378 e. The van der Waals surface area contributed by atoms with Crippen molar-refractivity contribution >= 4 is 31.0 Å². The smallest absolute Gasteiger partial charge is 0.0720 e. The Morgan fingerprint density at radius 3 is 2.67 bits per heavy atom. The van der Waals surface area contributed by atoms with E-state index in [9.17, 15) is 0 Å². The number of allylic oxidation sites excluding steroid dienone is 16. The van der Waals surface area contributed by atoms with Crippen molar-refractivity contribution in [2.75, 3.05) is 6.54 Å². The van der Waals surface area contributed by atoms with Crippen molar-refractivity contribution in [3.05, 3.63) is 140 Å². The fourth-order valence-electron chi connectivity index (χ4n) is 7.60. The number of rotatable bonds is 3. The number of hydrogen-bond donors (Lipinski definition) is 1. The second kappa shape index (κ2) is 9.99. The highest BCUT2D eigenvalue weighted by atomic mass is 127. The van der Waals surface area contributed by atoms with Crippen molar-refractivity contribution in [3.63, 3.8) is 0 Å². The highest BCUT2D eigenvalue weighted by Crippen LogP contribution is 2.49. The van der Waals surface area contributed by atoms with Crippen molar-refractivity contribution in [1.82, 2.24) is 10.2 Å². The van der Waals surface area contributed by atoms with Gasteiger partial charge in [-0.25, -0.2) is 0 Å². The van der Waals surface area contributed by atoms with Crippen LogP contribution >= 0.6 is 20.7 Å². The number of nitrogens with zero attached hydrogens (tertiary/aromatic N) is 2. The number of hydrogen-bond acceptors (Lipinski definition) is 3. The molecule has 8 rings (SSSR count). The Hall–Kier alpha value is -3.25. The zero-order valence-corrected chi connectivity index (χ0v) is 24.9. The van der Waals surface area contributed by atoms with Crippen LogP contribution in [0.4, 0.5) is 0 Å². The topological polar surface area (TPSA) is 27.6 Å². The molecule has 40 heavy (non-hydrogen) atoms. The monoisotopic (exact) mass is 635 g/mol. The Labute approximate surface area is 247 Å². The van der Waals surface area contributed by atoms with Gasteiger partial charge < -0.3 is 10.2 Å². The SMILES string of the molecule is CC=CC1C=C(C2=CC3=C(I=C2)C2=C(N=CCN2)C2C=CC=CC32)C=CC1N1C2=C(C=CCC2)C2C=CC=CC21. The Bertz CT molecular complexity index is 1590. The van der Waals surface area contributed by atoms with Crippen molar-refractivity contribution in [2.24, 2.45) is 28.7 Å². The molecule has 0 saturated carbocycles. The van der Waals surface area contributed by atoms with E-state index in [-0.39, 0.29) is 20.7 Å². The van der Waals surface area contributed by atoms with Crippen LogP contribution in [0, 0.1) is 23.7 Å². The first-order valence-corrected chi connectivity index (χ1v) is 17.0. The minimum absolute atomic E-state index is 0.260. The van der Waals surface area contributed by atoms with Crippen LogP contribution in [0.2, 0.25) is 0 Å². The number of fused-ring (bicyclic) bond motifs is 6. The lowest BCUT2D eigenvalue weighted by molar-refractivity contribution is 0.222. The molecule has 5 aliphatic carbocycles. The van der Waals surface area contributed by atoms with Crippen LogP contribution in [0.1, 0.15) is 19.8 Å². The first-order valence-electron chi connectivity index (χ1n) is 14.7. The zero-order valence-electron chi connectivity index (χ0n) is 22.8. The molecule has 200 valence electrons. The van der Waals surface area contributed by atoms with Crippen LogP contribution in [0.25, 0.3) is 0 Å². The van der Waals surface area contributed by atoms with Gasteiger partial charge in [-0.3, -0.25) is 4.99 Å². The molecule has 3 heterocycles. The molecule has 3 aliphatic heterocycles. The summed E-state index contributed by atoms with van der Waals surface area (Å²) < 4.78 is 4.07. The predicted octanol–water partition coefficient (Wildman–Crippen LogP) is 7.30. The lowest BCUT2D eigenvalue weighted by atomic mass is 9.75. The summed E-state index contributed by atoms with van der Waals surface area (Å²) in [6, 6.07) is 0.742. The van der Waals surface area contributed by atoms with Gasteiger partial charge >= 0.3 is 0 Å². The number of nitrogens with one attached hydrogen (secondary N) is 1. The molecule has 0 aromatic carbocycles. The van der Waals surface area contributed by atoms with Gasteiger partial charge in [0.05, 0.1) is 30.0 Å². The third-order valence-corrected chi connectivity index (χ3v) is 12.1. The van der Waals surface area contributed by atoms with E-state index in [4.69, 9.17) is 4.99 Å². The molecule has 0 fully saturated rings. The third kappa shape index (κ3) is 3.82. The largest absolute Gasteiger partial charge is 0.378 e. The van der Waals surface area contributed by atoms with Crippen LogP contribution in [0.5, 0.6) is 0 Å². The molecule has 8 aliphatic rings. The maximum atomic E-state index is 4.87. The Morgan fingerprint density at radius 1 is 0.925 bits per heavy atom. The second-order valence-electron chi connectivity index (χ2n) is 11.5. The van der Waals surface area contributed by atoms with Crippen LogP contribution < -0.4 is 5.32 Å². The molecule has 4 heteroatoms. The van der Waals surface area contributed by atoms with Crippen LogP contribution in [0.3, 0.4) is 0 Å². The molecular weight excluding hydrogens is 601 g/mol. The van der Waals surface area contributed by atoms with E-state index in [2.05, 4.69) is 118 Å². The summed E-state index contributed by atoms with van der Waals surface area (Å²) >= 11 is -0.260. The summed E-state index contributed by atoms with van der Waals surface area (Å²) in [5.41, 5.74) is 9.90. The van der Waals surface area contributed by atoms with E-state index in [0.29, 0.717) is 35.8 Å².